The Hall–Kier alpha value is -7.17. The lowest BCUT2D eigenvalue weighted by atomic mass is 9.78. The number of hydrogen-bond acceptors (Lipinski definition) is 4. The van der Waals surface area contributed by atoms with Gasteiger partial charge in [0.1, 0.15) is 11.9 Å². The molecule has 0 saturated heterocycles. The molecule has 0 spiro atoms. The lowest BCUT2D eigenvalue weighted by Gasteiger charge is -2.28. The minimum absolute atomic E-state index is 0.108. The van der Waals surface area contributed by atoms with E-state index < -0.39 is 0 Å². The normalized spacial score (nSPS) is 16.0. The minimum Gasteiger partial charge on any atom is -0.484 e. The van der Waals surface area contributed by atoms with Crippen LogP contribution in [-0.2, 0) is 0 Å². The molecular formula is C51H33N3O. The van der Waals surface area contributed by atoms with Crippen LogP contribution in [0.2, 0.25) is 0 Å². The second-order valence-electron chi connectivity index (χ2n) is 14.3. The van der Waals surface area contributed by atoms with Crippen molar-refractivity contribution in [2.24, 2.45) is 0 Å². The lowest BCUT2D eigenvalue weighted by molar-refractivity contribution is 0.281. The molecular weight excluding hydrogens is 671 g/mol. The van der Waals surface area contributed by atoms with Crippen molar-refractivity contribution >= 4 is 43.5 Å². The summed E-state index contributed by atoms with van der Waals surface area (Å²) in [7, 11) is 0. The highest BCUT2D eigenvalue weighted by atomic mass is 16.5. The molecule has 2 unspecified atom stereocenters. The largest absolute Gasteiger partial charge is 0.484 e. The summed E-state index contributed by atoms with van der Waals surface area (Å²) < 4.78 is 6.86. The van der Waals surface area contributed by atoms with Gasteiger partial charge in [0, 0.05) is 27.8 Å². The number of benzene rings is 8. The molecule has 258 valence electrons. The highest BCUT2D eigenvalue weighted by Crippen LogP contribution is 2.52. The maximum atomic E-state index is 6.86. The third-order valence-corrected chi connectivity index (χ3v) is 11.1. The van der Waals surface area contributed by atoms with Crippen LogP contribution in [-0.4, -0.2) is 21.1 Å². The highest BCUT2D eigenvalue weighted by molar-refractivity contribution is 5.99. The molecule has 4 heteroatoms. The van der Waals surface area contributed by atoms with Gasteiger partial charge in [-0.15, -0.1) is 0 Å². The van der Waals surface area contributed by atoms with E-state index in [1.807, 2.05) is 6.07 Å². The number of allylic oxidation sites excluding steroid dienone is 2. The molecule has 11 rings (SSSR count). The second kappa shape index (κ2) is 12.8. The van der Waals surface area contributed by atoms with Gasteiger partial charge in [-0.3, -0.25) is 0 Å². The van der Waals surface area contributed by atoms with Crippen LogP contribution in [0.4, 0.5) is 0 Å². The molecule has 0 bridgehead atoms. The maximum Gasteiger partial charge on any atom is 0.164 e. The van der Waals surface area contributed by atoms with Gasteiger partial charge in [-0.2, -0.15) is 0 Å². The fourth-order valence-electron chi connectivity index (χ4n) is 8.47. The third kappa shape index (κ3) is 5.33. The first-order valence-electron chi connectivity index (χ1n) is 18.7. The Morgan fingerprint density at radius 1 is 0.382 bits per heavy atom. The first kappa shape index (κ1) is 31.4. The molecule has 0 saturated carbocycles. The van der Waals surface area contributed by atoms with Crippen LogP contribution in [0.3, 0.4) is 0 Å². The number of ether oxygens (including phenoxy) is 1. The summed E-state index contributed by atoms with van der Waals surface area (Å²) in [5.41, 5.74) is 8.69. The molecule has 2 heterocycles. The summed E-state index contributed by atoms with van der Waals surface area (Å²) in [6, 6.07) is 61.9. The van der Waals surface area contributed by atoms with Gasteiger partial charge >= 0.3 is 0 Å². The van der Waals surface area contributed by atoms with E-state index in [-0.39, 0.29) is 12.0 Å². The number of rotatable bonds is 5. The van der Waals surface area contributed by atoms with Gasteiger partial charge in [-0.25, -0.2) is 15.0 Å². The van der Waals surface area contributed by atoms with Crippen molar-refractivity contribution in [3.8, 4) is 39.7 Å². The number of nitrogens with zero attached hydrogens (tertiary/aromatic N) is 3. The second-order valence-corrected chi connectivity index (χ2v) is 14.3. The Morgan fingerprint density at radius 2 is 0.927 bits per heavy atom. The molecule has 0 fully saturated rings. The fraction of sp³-hybridized carbons (Fsp3) is 0.0392. The SMILES string of the molecule is C1=C(c2cccc3ccccc23)C2Oc3ccccc3C2C(c2nc(-c3ccc(-c4cccc5ccccc45)cc3)nc(-c3ccc4ccccc4c3)n2)=C1. The zero-order chi connectivity index (χ0) is 36.3. The van der Waals surface area contributed by atoms with E-state index in [4.69, 9.17) is 19.7 Å². The summed E-state index contributed by atoms with van der Waals surface area (Å²) in [4.78, 5) is 15.7. The van der Waals surface area contributed by atoms with Crippen molar-refractivity contribution in [3.63, 3.8) is 0 Å². The number of hydrogen-bond donors (Lipinski definition) is 0. The van der Waals surface area contributed by atoms with Gasteiger partial charge < -0.3 is 4.74 Å². The molecule has 1 aliphatic heterocycles. The topological polar surface area (TPSA) is 47.9 Å². The molecule has 55 heavy (non-hydrogen) atoms. The molecule has 2 atom stereocenters. The van der Waals surface area contributed by atoms with Crippen LogP contribution in [0.25, 0.3) is 77.4 Å². The van der Waals surface area contributed by atoms with Crippen LogP contribution in [0, 0.1) is 0 Å². The predicted octanol–water partition coefficient (Wildman–Crippen LogP) is 12.4. The van der Waals surface area contributed by atoms with Gasteiger partial charge in [0.2, 0.25) is 0 Å². The van der Waals surface area contributed by atoms with E-state index in [1.165, 1.54) is 38.1 Å². The Morgan fingerprint density at radius 3 is 1.71 bits per heavy atom. The smallest absolute Gasteiger partial charge is 0.164 e. The van der Waals surface area contributed by atoms with Gasteiger partial charge in [0.05, 0.1) is 5.92 Å². The van der Waals surface area contributed by atoms with Crippen molar-refractivity contribution < 1.29 is 4.74 Å². The first-order valence-corrected chi connectivity index (χ1v) is 18.7. The van der Waals surface area contributed by atoms with Crippen molar-refractivity contribution in [3.05, 3.63) is 205 Å². The molecule has 0 amide bonds. The van der Waals surface area contributed by atoms with Crippen molar-refractivity contribution in [1.29, 1.82) is 0 Å². The van der Waals surface area contributed by atoms with Crippen molar-refractivity contribution in [2.75, 3.05) is 0 Å². The van der Waals surface area contributed by atoms with Crippen LogP contribution >= 0.6 is 0 Å². The number of para-hydroxylation sites is 1. The lowest BCUT2D eigenvalue weighted by Crippen LogP contribution is -2.25. The quantitative estimate of drug-likeness (QED) is 0.179. The molecule has 2 aliphatic rings. The summed E-state index contributed by atoms with van der Waals surface area (Å²) >= 11 is 0. The van der Waals surface area contributed by atoms with E-state index in [2.05, 4.69) is 182 Å². The average molecular weight is 704 g/mol. The third-order valence-electron chi connectivity index (χ3n) is 11.1. The average Bonchev–Trinajstić information content (AvgIpc) is 3.65. The molecule has 9 aromatic rings. The molecule has 0 N–H and O–H groups in total. The standard InChI is InChI=1S/C51H33N3O/c1-2-14-37-31-38(28-23-32(37)11-1)50-52-49(36-26-24-35(25-27-36)40-20-9-15-33-12-3-5-17-39(33)40)53-51(54-50)45-30-29-43(42-21-10-16-34-13-4-6-18-41(34)42)48-47(45)44-19-7-8-22-46(44)55-48/h1-31,47-48H. The van der Waals surface area contributed by atoms with Gasteiger partial charge in [-0.1, -0.05) is 176 Å². The van der Waals surface area contributed by atoms with E-state index >= 15 is 0 Å². The van der Waals surface area contributed by atoms with Crippen LogP contribution in [0.1, 0.15) is 22.9 Å². The number of aromatic nitrogens is 3. The van der Waals surface area contributed by atoms with E-state index in [0.717, 1.165) is 44.5 Å². The summed E-state index contributed by atoms with van der Waals surface area (Å²) in [5, 5.41) is 7.18. The van der Waals surface area contributed by atoms with Crippen LogP contribution < -0.4 is 4.74 Å². The van der Waals surface area contributed by atoms with Crippen molar-refractivity contribution in [1.82, 2.24) is 15.0 Å². The molecule has 1 aliphatic carbocycles. The van der Waals surface area contributed by atoms with Crippen LogP contribution in [0.5, 0.6) is 5.75 Å². The number of fused-ring (bicyclic) bond motifs is 6. The highest BCUT2D eigenvalue weighted by Gasteiger charge is 2.42. The minimum atomic E-state index is -0.243. The zero-order valence-electron chi connectivity index (χ0n) is 29.8. The first-order chi connectivity index (χ1) is 27.2. The zero-order valence-corrected chi connectivity index (χ0v) is 29.8. The summed E-state index contributed by atoms with van der Waals surface area (Å²) in [6.45, 7) is 0. The van der Waals surface area contributed by atoms with Crippen molar-refractivity contribution in [2.45, 2.75) is 12.0 Å². The Kier molecular flexibility index (Phi) is 7.27. The Balaban J connectivity index is 1.09. The summed E-state index contributed by atoms with van der Waals surface area (Å²) in [5.74, 6) is 2.70. The van der Waals surface area contributed by atoms with Gasteiger partial charge in [-0.05, 0) is 61.1 Å². The fourth-order valence-corrected chi connectivity index (χ4v) is 8.47. The monoisotopic (exact) mass is 703 g/mol. The molecule has 0 radical (unpaired) electrons. The maximum absolute atomic E-state index is 6.86. The Labute approximate surface area is 318 Å². The van der Waals surface area contributed by atoms with E-state index in [1.54, 1.807) is 0 Å². The van der Waals surface area contributed by atoms with E-state index in [0.29, 0.717) is 17.5 Å². The molecule has 8 aromatic carbocycles. The molecule has 1 aromatic heterocycles. The van der Waals surface area contributed by atoms with Crippen LogP contribution in [0.15, 0.2) is 188 Å². The van der Waals surface area contributed by atoms with Gasteiger partial charge in [0.15, 0.2) is 17.5 Å². The predicted molar refractivity (Wildman–Crippen MR) is 225 cm³/mol. The Bertz CT molecular complexity index is 3020. The summed E-state index contributed by atoms with van der Waals surface area (Å²) in [6.07, 6.45) is 4.17. The molecule has 4 nitrogen and oxygen atoms in total. The van der Waals surface area contributed by atoms with E-state index in [9.17, 15) is 0 Å². The van der Waals surface area contributed by atoms with Gasteiger partial charge in [0.25, 0.3) is 0 Å².